The third-order valence-electron chi connectivity index (χ3n) is 6.03. The third-order valence-corrected chi connectivity index (χ3v) is 13.3. The van der Waals surface area contributed by atoms with Crippen molar-refractivity contribution >= 4 is 35.4 Å². The SMILES string of the molecule is CCO[Si](CCCNC(=O)n1nc(SCCC[Si](OCC)(OCC)OCC)nc1Cc1ccccc1)(OCC)OCC. The van der Waals surface area contributed by atoms with E-state index in [0.29, 0.717) is 82.1 Å². The maximum absolute atomic E-state index is 13.3. The van der Waals surface area contributed by atoms with Crippen molar-refractivity contribution in [1.29, 1.82) is 0 Å². The molecule has 0 saturated carbocycles. The summed E-state index contributed by atoms with van der Waals surface area (Å²) in [5.41, 5.74) is 1.05. The van der Waals surface area contributed by atoms with Gasteiger partial charge in [0, 0.05) is 70.4 Å². The van der Waals surface area contributed by atoms with E-state index in [-0.39, 0.29) is 6.03 Å². The summed E-state index contributed by atoms with van der Waals surface area (Å²) in [5.74, 6) is 1.33. The fourth-order valence-electron chi connectivity index (χ4n) is 4.47. The van der Waals surface area contributed by atoms with Gasteiger partial charge >= 0.3 is 23.6 Å². The van der Waals surface area contributed by atoms with E-state index >= 15 is 0 Å². The lowest BCUT2D eigenvalue weighted by atomic mass is 10.1. The highest BCUT2D eigenvalue weighted by Crippen LogP contribution is 2.23. The zero-order valence-electron chi connectivity index (χ0n) is 26.2. The fourth-order valence-corrected chi connectivity index (χ4v) is 10.7. The molecule has 1 N–H and O–H groups in total. The summed E-state index contributed by atoms with van der Waals surface area (Å²) in [6.45, 7) is 15.3. The highest BCUT2D eigenvalue weighted by molar-refractivity contribution is 7.99. The lowest BCUT2D eigenvalue weighted by molar-refractivity contribution is 0.0702. The molecule has 0 spiro atoms. The van der Waals surface area contributed by atoms with Gasteiger partial charge in [0.2, 0.25) is 5.16 Å². The van der Waals surface area contributed by atoms with E-state index in [1.54, 1.807) is 0 Å². The first-order valence-corrected chi connectivity index (χ1v) is 20.0. The van der Waals surface area contributed by atoms with Crippen LogP contribution >= 0.6 is 11.8 Å². The molecule has 0 saturated heterocycles. The van der Waals surface area contributed by atoms with E-state index in [2.05, 4.69) is 10.4 Å². The standard InChI is InChI=1S/C28H50N4O7SSi2/c1-7-34-41(35-8-2,36-9-3)22-16-20-29-28(33)32-26(24-25-18-14-13-15-19-25)30-27(31-32)40-21-17-23-42(37-10-4,38-11-5)39-12-6/h13-15,18-19H,7-12,16-17,20-24H2,1-6H3,(H,29,33). The molecule has 1 aromatic carbocycles. The summed E-state index contributed by atoms with van der Waals surface area (Å²) in [6, 6.07) is 11.0. The number of hydrogen-bond donors (Lipinski definition) is 1. The molecule has 0 aliphatic rings. The first kappa shape index (κ1) is 36.6. The molecular formula is C28H50N4O7SSi2. The summed E-state index contributed by atoms with van der Waals surface area (Å²) in [7, 11) is -5.47. The molecule has 238 valence electrons. The van der Waals surface area contributed by atoms with Gasteiger partial charge in [0.25, 0.3) is 0 Å². The predicted octanol–water partition coefficient (Wildman–Crippen LogP) is 5.40. The molecule has 0 aliphatic heterocycles. The number of carbonyl (C=O) groups excluding carboxylic acids is 1. The Morgan fingerprint density at radius 1 is 0.786 bits per heavy atom. The van der Waals surface area contributed by atoms with Crippen LogP contribution in [0.2, 0.25) is 12.1 Å². The maximum atomic E-state index is 13.3. The van der Waals surface area contributed by atoms with Crippen molar-refractivity contribution in [1.82, 2.24) is 20.1 Å². The lowest BCUT2D eigenvalue weighted by Gasteiger charge is -2.28. The molecule has 0 unspecified atom stereocenters. The van der Waals surface area contributed by atoms with Crippen molar-refractivity contribution in [2.75, 3.05) is 51.9 Å². The Kier molecular flexibility index (Phi) is 17.7. The van der Waals surface area contributed by atoms with Crippen LogP contribution in [0.4, 0.5) is 4.79 Å². The Morgan fingerprint density at radius 2 is 1.29 bits per heavy atom. The van der Waals surface area contributed by atoms with E-state index in [9.17, 15) is 4.79 Å². The van der Waals surface area contributed by atoms with Crippen LogP contribution < -0.4 is 5.32 Å². The Labute approximate surface area is 258 Å². The van der Waals surface area contributed by atoms with Gasteiger partial charge in [-0.3, -0.25) is 0 Å². The first-order valence-electron chi connectivity index (χ1n) is 15.1. The molecule has 0 bridgehead atoms. The molecule has 2 aromatic rings. The molecule has 0 radical (unpaired) electrons. The largest absolute Gasteiger partial charge is 0.500 e. The van der Waals surface area contributed by atoms with Crippen LogP contribution in [0.15, 0.2) is 35.5 Å². The van der Waals surface area contributed by atoms with E-state index < -0.39 is 17.6 Å². The highest BCUT2D eigenvalue weighted by Gasteiger charge is 2.40. The number of benzene rings is 1. The van der Waals surface area contributed by atoms with Gasteiger partial charge < -0.3 is 31.9 Å². The molecule has 0 atom stereocenters. The van der Waals surface area contributed by atoms with Crippen molar-refractivity contribution in [2.24, 2.45) is 0 Å². The number of nitrogens with one attached hydrogen (secondary N) is 1. The predicted molar refractivity (Wildman–Crippen MR) is 169 cm³/mol. The van der Waals surface area contributed by atoms with Crippen molar-refractivity contribution in [3.05, 3.63) is 41.7 Å². The van der Waals surface area contributed by atoms with Crippen molar-refractivity contribution in [3.8, 4) is 0 Å². The molecule has 1 aromatic heterocycles. The van der Waals surface area contributed by atoms with Gasteiger partial charge in [-0.25, -0.2) is 9.78 Å². The second-order valence-electron chi connectivity index (χ2n) is 9.14. The summed E-state index contributed by atoms with van der Waals surface area (Å²) in [5, 5.41) is 8.12. The Bertz CT molecular complexity index is 985. The molecule has 14 heteroatoms. The number of rotatable bonds is 23. The smallest absolute Gasteiger partial charge is 0.374 e. The fraction of sp³-hybridized carbons (Fsp3) is 0.679. The van der Waals surface area contributed by atoms with Gasteiger partial charge in [-0.1, -0.05) is 42.1 Å². The molecular weight excluding hydrogens is 593 g/mol. The molecule has 0 aliphatic carbocycles. The normalized spacial score (nSPS) is 12.1. The Hall–Kier alpha value is -1.63. The van der Waals surface area contributed by atoms with Gasteiger partial charge in [0.15, 0.2) is 0 Å². The maximum Gasteiger partial charge on any atom is 0.500 e. The highest BCUT2D eigenvalue weighted by atomic mass is 32.2. The van der Waals surface area contributed by atoms with Crippen LogP contribution in [-0.2, 0) is 33.0 Å². The van der Waals surface area contributed by atoms with Gasteiger partial charge in [0.1, 0.15) is 5.82 Å². The summed E-state index contributed by atoms with van der Waals surface area (Å²) < 4.78 is 37.1. The summed E-state index contributed by atoms with van der Waals surface area (Å²) in [4.78, 5) is 18.0. The first-order chi connectivity index (χ1) is 20.4. The van der Waals surface area contributed by atoms with Crippen molar-refractivity contribution < 1.29 is 31.4 Å². The minimum absolute atomic E-state index is 0.313. The second kappa shape index (κ2) is 20.4. The quantitative estimate of drug-likeness (QED) is 0.0961. The van der Waals surface area contributed by atoms with Gasteiger partial charge in [0.05, 0.1) is 0 Å². The van der Waals surface area contributed by atoms with E-state index in [1.807, 2.05) is 71.9 Å². The summed E-state index contributed by atoms with van der Waals surface area (Å²) >= 11 is 1.51. The average Bonchev–Trinajstić information content (AvgIpc) is 3.37. The lowest BCUT2D eigenvalue weighted by Crippen LogP contribution is -2.46. The summed E-state index contributed by atoms with van der Waals surface area (Å²) in [6.07, 6.45) is 1.97. The van der Waals surface area contributed by atoms with Crippen LogP contribution in [0.25, 0.3) is 0 Å². The van der Waals surface area contributed by atoms with Crippen molar-refractivity contribution in [3.63, 3.8) is 0 Å². The van der Waals surface area contributed by atoms with Crippen LogP contribution in [0.1, 0.15) is 65.8 Å². The monoisotopic (exact) mass is 642 g/mol. The van der Waals surface area contributed by atoms with Crippen LogP contribution in [-0.4, -0.2) is 90.3 Å². The minimum atomic E-state index is -2.77. The average molecular weight is 643 g/mol. The molecule has 42 heavy (non-hydrogen) atoms. The zero-order chi connectivity index (χ0) is 30.7. The van der Waals surface area contributed by atoms with Gasteiger partial charge in [-0.05, 0) is 59.9 Å². The second-order valence-corrected chi connectivity index (χ2v) is 15.7. The molecule has 2 rings (SSSR count). The topological polar surface area (TPSA) is 115 Å². The Balaban J connectivity index is 2.06. The number of nitrogens with zero attached hydrogens (tertiary/aromatic N) is 3. The number of thioether (sulfide) groups is 1. The van der Waals surface area contributed by atoms with Gasteiger partial charge in [-0.2, -0.15) is 4.68 Å². The zero-order valence-corrected chi connectivity index (χ0v) is 29.0. The van der Waals surface area contributed by atoms with Crippen LogP contribution in [0.5, 0.6) is 0 Å². The molecule has 11 nitrogen and oxygen atoms in total. The van der Waals surface area contributed by atoms with E-state index in [1.165, 1.54) is 16.4 Å². The van der Waals surface area contributed by atoms with E-state index in [4.69, 9.17) is 31.5 Å². The third kappa shape index (κ3) is 12.2. The molecule has 1 amide bonds. The van der Waals surface area contributed by atoms with Crippen LogP contribution in [0, 0.1) is 0 Å². The molecule has 1 heterocycles. The number of carbonyl (C=O) groups is 1. The van der Waals surface area contributed by atoms with Crippen molar-refractivity contribution in [2.45, 2.75) is 78.0 Å². The number of hydrogen-bond acceptors (Lipinski definition) is 10. The minimum Gasteiger partial charge on any atom is -0.374 e. The Morgan fingerprint density at radius 3 is 1.79 bits per heavy atom. The van der Waals surface area contributed by atoms with Gasteiger partial charge in [-0.15, -0.1) is 5.10 Å². The number of amides is 1. The van der Waals surface area contributed by atoms with Crippen LogP contribution in [0.3, 0.4) is 0 Å². The number of aromatic nitrogens is 3. The van der Waals surface area contributed by atoms with E-state index in [0.717, 1.165) is 17.7 Å². The molecule has 0 fully saturated rings.